The number of urea groups is 1. The number of carbonyl (C=O) groups excluding carboxylic acids is 1. The van der Waals surface area contributed by atoms with Crippen LogP contribution in [0.5, 0.6) is 0 Å². The third-order valence-corrected chi connectivity index (χ3v) is 5.71. The molecule has 0 saturated carbocycles. The number of likely N-dealkylation sites (tertiary alicyclic amines) is 1. The second-order valence-corrected chi connectivity index (χ2v) is 8.39. The van der Waals surface area contributed by atoms with E-state index in [9.17, 15) is 4.79 Å². The van der Waals surface area contributed by atoms with Gasteiger partial charge in [-0.25, -0.2) is 9.78 Å². The molecule has 2 saturated heterocycles. The maximum absolute atomic E-state index is 12.4. The van der Waals surface area contributed by atoms with Crippen molar-refractivity contribution in [1.29, 1.82) is 0 Å². The highest BCUT2D eigenvalue weighted by Crippen LogP contribution is 2.33. The normalized spacial score (nSPS) is 25.7. The first kappa shape index (κ1) is 17.6. The standard InChI is InChI=1S/C17H28N4O2S/c1-14-18-15(10-24-14)9-20-7-8-23-13-17(11-20)5-4-6-21(12-17)16(22)19(2)3/h10H,4-9,11-13H2,1-3H3/t17-/m1/s1. The van der Waals surface area contributed by atoms with E-state index in [2.05, 4.69) is 15.3 Å². The van der Waals surface area contributed by atoms with Crippen LogP contribution in [0.15, 0.2) is 5.38 Å². The minimum atomic E-state index is 0.0471. The third-order valence-electron chi connectivity index (χ3n) is 4.89. The van der Waals surface area contributed by atoms with Crippen LogP contribution in [0.1, 0.15) is 23.5 Å². The van der Waals surface area contributed by atoms with E-state index in [1.54, 1.807) is 16.2 Å². The van der Waals surface area contributed by atoms with E-state index < -0.39 is 0 Å². The maximum atomic E-state index is 12.4. The van der Waals surface area contributed by atoms with Gasteiger partial charge in [0.25, 0.3) is 0 Å². The Bertz CT molecular complexity index is 577. The van der Waals surface area contributed by atoms with E-state index >= 15 is 0 Å². The lowest BCUT2D eigenvalue weighted by atomic mass is 9.80. The van der Waals surface area contributed by atoms with Crippen molar-refractivity contribution < 1.29 is 9.53 Å². The summed E-state index contributed by atoms with van der Waals surface area (Å²) in [5, 5.41) is 3.27. The zero-order valence-corrected chi connectivity index (χ0v) is 15.8. The lowest BCUT2D eigenvalue weighted by molar-refractivity contribution is 0.0135. The molecule has 2 aliphatic rings. The SMILES string of the molecule is Cc1nc(CN2CCOC[C@]3(CCCN(C(=O)N(C)C)C3)C2)cs1. The van der Waals surface area contributed by atoms with Crippen molar-refractivity contribution in [2.24, 2.45) is 5.41 Å². The second kappa shape index (κ2) is 7.37. The first-order valence-corrected chi connectivity index (χ1v) is 9.53. The Hall–Kier alpha value is -1.18. The highest BCUT2D eigenvalue weighted by molar-refractivity contribution is 7.09. The molecule has 1 aromatic heterocycles. The van der Waals surface area contributed by atoms with Crippen LogP contribution in [0.2, 0.25) is 0 Å². The highest BCUT2D eigenvalue weighted by atomic mass is 32.1. The van der Waals surface area contributed by atoms with Crippen LogP contribution < -0.4 is 0 Å². The first-order chi connectivity index (χ1) is 11.5. The Labute approximate surface area is 148 Å². The van der Waals surface area contributed by atoms with Gasteiger partial charge in [-0.05, 0) is 19.8 Å². The molecule has 3 heterocycles. The summed E-state index contributed by atoms with van der Waals surface area (Å²) < 4.78 is 5.94. The van der Waals surface area contributed by atoms with Crippen LogP contribution in [0, 0.1) is 12.3 Å². The summed E-state index contributed by atoms with van der Waals surface area (Å²) >= 11 is 1.71. The van der Waals surface area contributed by atoms with Crippen LogP contribution >= 0.6 is 11.3 Å². The van der Waals surface area contributed by atoms with E-state index in [4.69, 9.17) is 4.74 Å². The topological polar surface area (TPSA) is 48.9 Å². The van der Waals surface area contributed by atoms with E-state index in [1.165, 1.54) is 0 Å². The van der Waals surface area contributed by atoms with Gasteiger partial charge in [0.15, 0.2) is 0 Å². The van der Waals surface area contributed by atoms with Crippen LogP contribution in [0.4, 0.5) is 4.79 Å². The van der Waals surface area contributed by atoms with Crippen LogP contribution in [-0.2, 0) is 11.3 Å². The number of piperidine rings is 1. The highest BCUT2D eigenvalue weighted by Gasteiger charge is 2.40. The molecule has 2 aliphatic heterocycles. The van der Waals surface area contributed by atoms with E-state index in [0.29, 0.717) is 0 Å². The Balaban J connectivity index is 1.69. The van der Waals surface area contributed by atoms with Crippen LogP contribution in [0.25, 0.3) is 0 Å². The molecule has 6 nitrogen and oxygen atoms in total. The minimum Gasteiger partial charge on any atom is -0.379 e. The fourth-order valence-corrected chi connectivity index (χ4v) is 4.43. The Morgan fingerprint density at radius 1 is 1.42 bits per heavy atom. The van der Waals surface area contributed by atoms with Crippen LogP contribution in [-0.4, -0.2) is 79.2 Å². The van der Waals surface area contributed by atoms with Gasteiger partial charge in [0, 0.05) is 57.6 Å². The molecule has 2 fully saturated rings. The number of ether oxygens (including phenoxy) is 1. The van der Waals surface area contributed by atoms with Crippen molar-refractivity contribution in [2.75, 3.05) is 53.5 Å². The third kappa shape index (κ3) is 4.07. The molecule has 0 aromatic carbocycles. The Morgan fingerprint density at radius 2 is 2.25 bits per heavy atom. The Morgan fingerprint density at radius 3 is 2.96 bits per heavy atom. The summed E-state index contributed by atoms with van der Waals surface area (Å²) in [5.74, 6) is 0. The number of aromatic nitrogens is 1. The maximum Gasteiger partial charge on any atom is 0.319 e. The number of rotatable bonds is 2. The van der Waals surface area contributed by atoms with Gasteiger partial charge in [0.05, 0.1) is 23.9 Å². The predicted octanol–water partition coefficient (Wildman–Crippen LogP) is 2.05. The molecule has 0 aliphatic carbocycles. The summed E-state index contributed by atoms with van der Waals surface area (Å²) in [6.45, 7) is 7.97. The van der Waals surface area contributed by atoms with Crippen molar-refractivity contribution in [1.82, 2.24) is 19.7 Å². The van der Waals surface area contributed by atoms with E-state index in [-0.39, 0.29) is 11.4 Å². The number of aryl methyl sites for hydroxylation is 1. The average Bonchev–Trinajstić information content (AvgIpc) is 2.85. The van der Waals surface area contributed by atoms with Gasteiger partial charge in [-0.15, -0.1) is 11.3 Å². The van der Waals surface area contributed by atoms with Crippen molar-refractivity contribution in [2.45, 2.75) is 26.3 Å². The molecule has 24 heavy (non-hydrogen) atoms. The summed E-state index contributed by atoms with van der Waals surface area (Å²) in [6, 6.07) is 0.111. The lowest BCUT2D eigenvalue weighted by Crippen LogP contribution is -2.54. The average molecular weight is 353 g/mol. The molecule has 3 rings (SSSR count). The zero-order valence-electron chi connectivity index (χ0n) is 15.0. The van der Waals surface area contributed by atoms with Gasteiger partial charge in [-0.3, -0.25) is 4.90 Å². The van der Waals surface area contributed by atoms with Gasteiger partial charge < -0.3 is 14.5 Å². The fourth-order valence-electron chi connectivity index (χ4n) is 3.83. The second-order valence-electron chi connectivity index (χ2n) is 7.32. The quantitative estimate of drug-likeness (QED) is 0.817. The molecule has 0 radical (unpaired) electrons. The molecular formula is C17H28N4O2S. The smallest absolute Gasteiger partial charge is 0.319 e. The molecule has 0 bridgehead atoms. The predicted molar refractivity (Wildman–Crippen MR) is 95.3 cm³/mol. The molecule has 134 valence electrons. The molecular weight excluding hydrogens is 324 g/mol. The molecule has 7 heteroatoms. The van der Waals surface area contributed by atoms with Crippen molar-refractivity contribution in [3.63, 3.8) is 0 Å². The number of amides is 2. The number of hydrogen-bond acceptors (Lipinski definition) is 5. The van der Waals surface area contributed by atoms with Gasteiger partial charge in [-0.1, -0.05) is 0 Å². The molecule has 1 atom stereocenters. The number of nitrogens with zero attached hydrogens (tertiary/aromatic N) is 4. The van der Waals surface area contributed by atoms with Crippen molar-refractivity contribution in [3.05, 3.63) is 16.1 Å². The molecule has 0 unspecified atom stereocenters. The van der Waals surface area contributed by atoms with Crippen molar-refractivity contribution >= 4 is 17.4 Å². The van der Waals surface area contributed by atoms with E-state index in [1.807, 2.05) is 25.9 Å². The van der Waals surface area contributed by atoms with E-state index in [0.717, 1.165) is 69.5 Å². The number of hydrogen-bond donors (Lipinski definition) is 0. The van der Waals surface area contributed by atoms with Gasteiger partial charge >= 0.3 is 6.03 Å². The summed E-state index contributed by atoms with van der Waals surface area (Å²) in [5.41, 5.74) is 1.19. The minimum absolute atomic E-state index is 0.0471. The molecule has 2 amide bonds. The largest absolute Gasteiger partial charge is 0.379 e. The van der Waals surface area contributed by atoms with Crippen LogP contribution in [0.3, 0.4) is 0 Å². The molecule has 1 aromatic rings. The van der Waals surface area contributed by atoms with Crippen molar-refractivity contribution in [3.8, 4) is 0 Å². The fraction of sp³-hybridized carbons (Fsp3) is 0.765. The molecule has 0 N–H and O–H groups in total. The van der Waals surface area contributed by atoms with Gasteiger partial charge in [0.1, 0.15) is 0 Å². The summed E-state index contributed by atoms with van der Waals surface area (Å²) in [4.78, 5) is 23.1. The monoisotopic (exact) mass is 352 g/mol. The summed E-state index contributed by atoms with van der Waals surface area (Å²) in [6.07, 6.45) is 2.17. The molecule has 1 spiro atoms. The summed E-state index contributed by atoms with van der Waals surface area (Å²) in [7, 11) is 3.65. The lowest BCUT2D eigenvalue weighted by Gasteiger charge is -2.44. The first-order valence-electron chi connectivity index (χ1n) is 8.65. The number of thiazole rings is 1. The van der Waals surface area contributed by atoms with Gasteiger partial charge in [0.2, 0.25) is 0 Å². The number of carbonyl (C=O) groups is 1. The van der Waals surface area contributed by atoms with Gasteiger partial charge in [-0.2, -0.15) is 0 Å². The zero-order chi connectivity index (χ0) is 17.2. The Kier molecular flexibility index (Phi) is 5.42.